The lowest BCUT2D eigenvalue weighted by Gasteiger charge is -1.94. The maximum Gasteiger partial charge on any atom is 0.104 e. The summed E-state index contributed by atoms with van der Waals surface area (Å²) >= 11 is 7.49. The lowest BCUT2D eigenvalue weighted by Crippen LogP contribution is -1.83. The summed E-state index contributed by atoms with van der Waals surface area (Å²) in [7, 11) is 0. The number of nitrogens with zero attached hydrogens (tertiary/aromatic N) is 2. The highest BCUT2D eigenvalue weighted by Gasteiger charge is 2.02. The third-order valence-electron chi connectivity index (χ3n) is 1.61. The normalized spacial score (nSPS) is 10.3. The molecule has 0 radical (unpaired) electrons. The molecule has 2 heterocycles. The first-order chi connectivity index (χ1) is 6.25. The summed E-state index contributed by atoms with van der Waals surface area (Å²) in [6, 6.07) is 5.91. The SMILES string of the molecule is Cc1ccc(-c2cc(Cl)cnn2)s1. The van der Waals surface area contributed by atoms with Crippen LogP contribution in [0.25, 0.3) is 10.6 Å². The molecule has 0 bridgehead atoms. The van der Waals surface area contributed by atoms with Crippen LogP contribution in [0.5, 0.6) is 0 Å². The molecule has 0 aliphatic carbocycles. The molecule has 66 valence electrons. The van der Waals surface area contributed by atoms with Gasteiger partial charge in [0, 0.05) is 4.88 Å². The summed E-state index contributed by atoms with van der Waals surface area (Å²) in [4.78, 5) is 2.37. The van der Waals surface area contributed by atoms with Crippen molar-refractivity contribution >= 4 is 22.9 Å². The minimum Gasteiger partial charge on any atom is -0.157 e. The average molecular weight is 211 g/mol. The third-order valence-corrected chi connectivity index (χ3v) is 2.84. The fraction of sp³-hybridized carbons (Fsp3) is 0.111. The van der Waals surface area contributed by atoms with Gasteiger partial charge in [0.05, 0.1) is 16.1 Å². The predicted molar refractivity (Wildman–Crippen MR) is 55.1 cm³/mol. The van der Waals surface area contributed by atoms with Crippen LogP contribution in [-0.2, 0) is 0 Å². The molecule has 0 spiro atoms. The van der Waals surface area contributed by atoms with E-state index in [1.165, 1.54) is 11.1 Å². The molecule has 4 heteroatoms. The number of aryl methyl sites for hydroxylation is 1. The van der Waals surface area contributed by atoms with Gasteiger partial charge in [-0.3, -0.25) is 0 Å². The Kier molecular flexibility index (Phi) is 2.29. The van der Waals surface area contributed by atoms with Crippen molar-refractivity contribution in [1.29, 1.82) is 0 Å². The van der Waals surface area contributed by atoms with Crippen molar-refractivity contribution in [2.75, 3.05) is 0 Å². The molecule has 13 heavy (non-hydrogen) atoms. The maximum atomic E-state index is 5.80. The molecule has 0 saturated heterocycles. The Morgan fingerprint density at radius 1 is 1.38 bits per heavy atom. The van der Waals surface area contributed by atoms with Crippen LogP contribution >= 0.6 is 22.9 Å². The Hall–Kier alpha value is -0.930. The van der Waals surface area contributed by atoms with Gasteiger partial charge >= 0.3 is 0 Å². The van der Waals surface area contributed by atoms with Gasteiger partial charge in [0.2, 0.25) is 0 Å². The van der Waals surface area contributed by atoms with Gasteiger partial charge in [-0.1, -0.05) is 11.6 Å². The maximum absolute atomic E-state index is 5.80. The van der Waals surface area contributed by atoms with Crippen LogP contribution in [0.2, 0.25) is 5.02 Å². The summed E-state index contributed by atoms with van der Waals surface area (Å²) in [6.07, 6.45) is 1.53. The number of halogens is 1. The summed E-state index contributed by atoms with van der Waals surface area (Å²) in [5.74, 6) is 0. The standard InChI is InChI=1S/C9H7ClN2S/c1-6-2-3-9(13-6)8-4-7(10)5-11-12-8/h2-5H,1H3. The first-order valence-electron chi connectivity index (χ1n) is 3.81. The summed E-state index contributed by atoms with van der Waals surface area (Å²) in [6.45, 7) is 2.06. The van der Waals surface area contributed by atoms with Crippen molar-refractivity contribution in [2.24, 2.45) is 0 Å². The van der Waals surface area contributed by atoms with Gasteiger partial charge in [0.1, 0.15) is 5.69 Å². The highest BCUT2D eigenvalue weighted by Crippen LogP contribution is 2.26. The first kappa shape index (κ1) is 8.66. The molecular formula is C9H7ClN2S. The first-order valence-corrected chi connectivity index (χ1v) is 5.00. The molecule has 0 amide bonds. The molecule has 2 rings (SSSR count). The van der Waals surface area contributed by atoms with Crippen molar-refractivity contribution in [3.8, 4) is 10.6 Å². The fourth-order valence-corrected chi connectivity index (χ4v) is 2.01. The molecule has 0 fully saturated rings. The molecule has 0 aliphatic rings. The highest BCUT2D eigenvalue weighted by atomic mass is 35.5. The second-order valence-electron chi connectivity index (χ2n) is 2.67. The number of hydrogen-bond donors (Lipinski definition) is 0. The lowest BCUT2D eigenvalue weighted by molar-refractivity contribution is 1.04. The average Bonchev–Trinajstić information content (AvgIpc) is 2.52. The zero-order valence-corrected chi connectivity index (χ0v) is 8.56. The van der Waals surface area contributed by atoms with E-state index in [2.05, 4.69) is 23.2 Å². The Balaban J connectivity index is 2.46. The Bertz CT molecular complexity index is 425. The molecule has 0 saturated carbocycles. The van der Waals surface area contributed by atoms with Gasteiger partial charge in [0.25, 0.3) is 0 Å². The van der Waals surface area contributed by atoms with Crippen LogP contribution in [0.3, 0.4) is 0 Å². The molecule has 0 unspecified atom stereocenters. The Morgan fingerprint density at radius 2 is 2.23 bits per heavy atom. The van der Waals surface area contributed by atoms with Gasteiger partial charge in [-0.15, -0.1) is 16.4 Å². The quantitative estimate of drug-likeness (QED) is 0.723. The van der Waals surface area contributed by atoms with E-state index in [1.54, 1.807) is 11.3 Å². The molecule has 2 aromatic rings. The van der Waals surface area contributed by atoms with Crippen LogP contribution in [0.4, 0.5) is 0 Å². The van der Waals surface area contributed by atoms with Gasteiger partial charge in [0.15, 0.2) is 0 Å². The molecule has 0 N–H and O–H groups in total. The van der Waals surface area contributed by atoms with E-state index in [0.29, 0.717) is 5.02 Å². The van der Waals surface area contributed by atoms with Crippen molar-refractivity contribution in [2.45, 2.75) is 6.92 Å². The van der Waals surface area contributed by atoms with Crippen LogP contribution < -0.4 is 0 Å². The summed E-state index contributed by atoms with van der Waals surface area (Å²) < 4.78 is 0. The van der Waals surface area contributed by atoms with E-state index in [0.717, 1.165) is 10.6 Å². The number of rotatable bonds is 1. The minimum absolute atomic E-state index is 0.621. The fourth-order valence-electron chi connectivity index (χ4n) is 1.04. The number of hydrogen-bond acceptors (Lipinski definition) is 3. The van der Waals surface area contributed by atoms with E-state index >= 15 is 0 Å². The number of thiophene rings is 1. The van der Waals surface area contributed by atoms with E-state index in [9.17, 15) is 0 Å². The molecule has 0 aliphatic heterocycles. The van der Waals surface area contributed by atoms with Crippen LogP contribution in [0.15, 0.2) is 24.4 Å². The number of aromatic nitrogens is 2. The minimum atomic E-state index is 0.621. The zero-order valence-electron chi connectivity index (χ0n) is 6.99. The molecular weight excluding hydrogens is 204 g/mol. The molecule has 2 aromatic heterocycles. The van der Waals surface area contributed by atoms with Crippen LogP contribution in [0, 0.1) is 6.92 Å². The van der Waals surface area contributed by atoms with Gasteiger partial charge in [-0.25, -0.2) is 0 Å². The smallest absolute Gasteiger partial charge is 0.104 e. The third kappa shape index (κ3) is 1.87. The topological polar surface area (TPSA) is 25.8 Å². The van der Waals surface area contributed by atoms with E-state index < -0.39 is 0 Å². The van der Waals surface area contributed by atoms with Crippen LogP contribution in [-0.4, -0.2) is 10.2 Å². The van der Waals surface area contributed by atoms with Crippen molar-refractivity contribution in [1.82, 2.24) is 10.2 Å². The Labute approximate surface area is 85.2 Å². The second kappa shape index (κ2) is 3.44. The Morgan fingerprint density at radius 3 is 2.85 bits per heavy atom. The van der Waals surface area contributed by atoms with E-state index in [4.69, 9.17) is 11.6 Å². The highest BCUT2D eigenvalue weighted by molar-refractivity contribution is 7.15. The monoisotopic (exact) mass is 210 g/mol. The van der Waals surface area contributed by atoms with Crippen molar-refractivity contribution in [3.05, 3.63) is 34.3 Å². The largest absolute Gasteiger partial charge is 0.157 e. The van der Waals surface area contributed by atoms with Crippen molar-refractivity contribution < 1.29 is 0 Å². The second-order valence-corrected chi connectivity index (χ2v) is 4.39. The summed E-state index contributed by atoms with van der Waals surface area (Å²) in [5.41, 5.74) is 0.839. The zero-order chi connectivity index (χ0) is 9.26. The predicted octanol–water partition coefficient (Wildman–Crippen LogP) is 3.17. The van der Waals surface area contributed by atoms with E-state index in [-0.39, 0.29) is 0 Å². The van der Waals surface area contributed by atoms with Gasteiger partial charge in [-0.2, -0.15) is 5.10 Å². The summed E-state index contributed by atoms with van der Waals surface area (Å²) in [5, 5.41) is 8.42. The molecule has 2 nitrogen and oxygen atoms in total. The van der Waals surface area contributed by atoms with Crippen LogP contribution in [0.1, 0.15) is 4.88 Å². The molecule has 0 aromatic carbocycles. The van der Waals surface area contributed by atoms with Gasteiger partial charge < -0.3 is 0 Å². The van der Waals surface area contributed by atoms with Gasteiger partial charge in [-0.05, 0) is 25.1 Å². The van der Waals surface area contributed by atoms with E-state index in [1.807, 2.05) is 12.1 Å². The lowest BCUT2D eigenvalue weighted by atomic mass is 10.3. The molecule has 0 atom stereocenters. The van der Waals surface area contributed by atoms with Crippen molar-refractivity contribution in [3.63, 3.8) is 0 Å².